The molecule has 1 rings (SSSR count). The molecule has 1 N–H and O–H groups in total. The molecule has 0 saturated carbocycles. The van der Waals surface area contributed by atoms with Gasteiger partial charge in [0.15, 0.2) is 0 Å². The van der Waals surface area contributed by atoms with Gasteiger partial charge in [-0.05, 0) is 0 Å². The number of aliphatic hydroxyl groups is 1. The summed E-state index contributed by atoms with van der Waals surface area (Å²) in [5.74, 6) is 0. The summed E-state index contributed by atoms with van der Waals surface area (Å²) in [6.45, 7) is 0. The Balaban J connectivity index is 0.000000810. The second-order valence-electron chi connectivity index (χ2n) is 1.32. The first-order valence-electron chi connectivity index (χ1n) is 2.09. The van der Waals surface area contributed by atoms with Gasteiger partial charge in [0.05, 0.1) is 0 Å². The first-order chi connectivity index (χ1) is 4.22. The third-order valence-corrected chi connectivity index (χ3v) is 1.48. The summed E-state index contributed by atoms with van der Waals surface area (Å²) in [6.07, 6.45) is 1.14. The molecular formula is C3H4Cl2N3NaO. The van der Waals surface area contributed by atoms with Gasteiger partial charge in [-0.3, -0.25) is 0 Å². The van der Waals surface area contributed by atoms with Gasteiger partial charge < -0.3 is 5.11 Å². The Kier molecular flexibility index (Phi) is 4.64. The molecule has 0 bridgehead atoms. The van der Waals surface area contributed by atoms with Crippen LogP contribution in [-0.4, -0.2) is 57.1 Å². The van der Waals surface area contributed by atoms with Crippen LogP contribution in [0, 0.1) is 0 Å². The minimum atomic E-state index is -0.760. The molecule has 10 heavy (non-hydrogen) atoms. The number of hydrogen-bond acceptors (Lipinski definition) is 3. The SMILES string of the molecule is OC1=NC=NC(Cl)N1Cl.[NaH]. The fraction of sp³-hybridized carbons (Fsp3) is 0.333. The Morgan fingerprint density at radius 2 is 2.30 bits per heavy atom. The van der Waals surface area contributed by atoms with Crippen LogP contribution in [-0.2, 0) is 0 Å². The molecule has 0 spiro atoms. The Labute approximate surface area is 89.9 Å². The molecular weight excluding hydrogens is 188 g/mol. The van der Waals surface area contributed by atoms with Crippen molar-refractivity contribution < 1.29 is 5.11 Å². The predicted octanol–water partition coefficient (Wildman–Crippen LogP) is 0.272. The van der Waals surface area contributed by atoms with Gasteiger partial charge in [-0.15, -0.1) is 0 Å². The number of halogens is 2. The molecule has 4 nitrogen and oxygen atoms in total. The molecule has 7 heteroatoms. The third-order valence-electron chi connectivity index (χ3n) is 0.741. The molecule has 0 aromatic heterocycles. The summed E-state index contributed by atoms with van der Waals surface area (Å²) < 4.78 is 0.821. The third kappa shape index (κ3) is 2.29. The predicted molar refractivity (Wildman–Crippen MR) is 43.0 cm³/mol. The van der Waals surface area contributed by atoms with Crippen molar-refractivity contribution in [2.45, 2.75) is 5.62 Å². The standard InChI is InChI=1S/C3H3Cl2N3O.Na.H/c4-2-6-1-7-3(9)8(2)5;;/h1-2H,(H,6,7,9);;. The average molecular weight is 192 g/mol. The van der Waals surface area contributed by atoms with Crippen molar-refractivity contribution in [2.75, 3.05) is 0 Å². The average Bonchev–Trinajstić information content (AvgIpc) is 1.83. The second-order valence-corrected chi connectivity index (χ2v) is 2.07. The van der Waals surface area contributed by atoms with Gasteiger partial charge in [-0.1, -0.05) is 11.6 Å². The van der Waals surface area contributed by atoms with Crippen molar-refractivity contribution in [2.24, 2.45) is 9.98 Å². The molecule has 0 radical (unpaired) electrons. The number of aliphatic imine (C=N–C) groups is 2. The van der Waals surface area contributed by atoms with Crippen molar-refractivity contribution >= 4 is 65.3 Å². The number of rotatable bonds is 0. The zero-order valence-electron chi connectivity index (χ0n) is 4.20. The molecule has 52 valence electrons. The molecule has 1 aliphatic heterocycles. The van der Waals surface area contributed by atoms with Crippen LogP contribution < -0.4 is 0 Å². The summed E-state index contributed by atoms with van der Waals surface area (Å²) in [6, 6.07) is -0.341. The minimum absolute atomic E-state index is 0. The van der Waals surface area contributed by atoms with Crippen LogP contribution in [0.3, 0.4) is 0 Å². The van der Waals surface area contributed by atoms with Gasteiger partial charge in [-0.2, -0.15) is 9.41 Å². The molecule has 0 aromatic carbocycles. The normalized spacial score (nSPS) is 23.6. The molecule has 0 saturated heterocycles. The Morgan fingerprint density at radius 3 is 2.70 bits per heavy atom. The summed E-state index contributed by atoms with van der Waals surface area (Å²) in [4.78, 5) is 6.90. The van der Waals surface area contributed by atoms with Crippen LogP contribution in [0.4, 0.5) is 0 Å². The number of alkyl halides is 1. The van der Waals surface area contributed by atoms with E-state index in [1.54, 1.807) is 0 Å². The van der Waals surface area contributed by atoms with Gasteiger partial charge in [0, 0.05) is 11.8 Å². The monoisotopic (exact) mass is 191 g/mol. The van der Waals surface area contributed by atoms with Gasteiger partial charge in [0.1, 0.15) is 6.34 Å². The van der Waals surface area contributed by atoms with E-state index in [0.29, 0.717) is 0 Å². The molecule has 1 unspecified atom stereocenters. The van der Waals surface area contributed by atoms with Crippen LogP contribution in [0.5, 0.6) is 0 Å². The van der Waals surface area contributed by atoms with Crippen LogP contribution >= 0.6 is 23.4 Å². The van der Waals surface area contributed by atoms with E-state index < -0.39 is 5.62 Å². The first kappa shape index (κ1) is 10.5. The fourth-order valence-electron chi connectivity index (χ4n) is 0.349. The Morgan fingerprint density at radius 1 is 1.70 bits per heavy atom. The number of hydrogen-bond donors (Lipinski definition) is 1. The van der Waals surface area contributed by atoms with Crippen LogP contribution in [0.1, 0.15) is 0 Å². The van der Waals surface area contributed by atoms with Gasteiger partial charge in [-0.25, -0.2) is 4.99 Å². The van der Waals surface area contributed by atoms with E-state index in [1.807, 2.05) is 0 Å². The van der Waals surface area contributed by atoms with Crippen molar-refractivity contribution in [1.29, 1.82) is 0 Å². The molecule has 1 atom stereocenters. The first-order valence-corrected chi connectivity index (χ1v) is 2.87. The van der Waals surface area contributed by atoms with E-state index in [0.717, 1.165) is 10.8 Å². The summed E-state index contributed by atoms with van der Waals surface area (Å²) in [7, 11) is 0. The van der Waals surface area contributed by atoms with E-state index in [4.69, 9.17) is 28.5 Å². The van der Waals surface area contributed by atoms with Crippen LogP contribution in [0.2, 0.25) is 0 Å². The van der Waals surface area contributed by atoms with Crippen LogP contribution in [0.25, 0.3) is 0 Å². The zero-order valence-corrected chi connectivity index (χ0v) is 5.71. The zero-order chi connectivity index (χ0) is 6.85. The maximum absolute atomic E-state index is 8.72. The molecule has 0 aromatic rings. The molecule has 0 amide bonds. The van der Waals surface area contributed by atoms with Crippen molar-refractivity contribution in [1.82, 2.24) is 4.42 Å². The topological polar surface area (TPSA) is 48.2 Å². The fourth-order valence-corrected chi connectivity index (χ4v) is 0.581. The maximum atomic E-state index is 8.72. The van der Waals surface area contributed by atoms with Crippen molar-refractivity contribution in [3.8, 4) is 0 Å². The van der Waals surface area contributed by atoms with E-state index in [-0.39, 0.29) is 35.6 Å². The summed E-state index contributed by atoms with van der Waals surface area (Å²) in [5.41, 5.74) is -0.760. The summed E-state index contributed by atoms with van der Waals surface area (Å²) in [5, 5.41) is 8.72. The van der Waals surface area contributed by atoms with E-state index in [1.165, 1.54) is 0 Å². The number of amidine groups is 1. The van der Waals surface area contributed by atoms with Crippen molar-refractivity contribution in [3.63, 3.8) is 0 Å². The molecule has 0 aliphatic carbocycles. The Hall–Kier alpha value is 0.520. The molecule has 0 fully saturated rings. The number of aliphatic hydroxyl groups excluding tert-OH is 1. The van der Waals surface area contributed by atoms with Crippen molar-refractivity contribution in [3.05, 3.63) is 0 Å². The van der Waals surface area contributed by atoms with E-state index in [9.17, 15) is 0 Å². The second kappa shape index (κ2) is 4.41. The van der Waals surface area contributed by atoms with Gasteiger partial charge in [0.25, 0.3) is 0 Å². The molecule has 1 aliphatic rings. The number of nitrogens with zero attached hydrogens (tertiary/aromatic N) is 3. The van der Waals surface area contributed by atoms with Gasteiger partial charge >= 0.3 is 35.6 Å². The summed E-state index contributed by atoms with van der Waals surface area (Å²) >= 11 is 10.7. The van der Waals surface area contributed by atoms with E-state index in [2.05, 4.69) is 9.98 Å². The van der Waals surface area contributed by atoms with Gasteiger partial charge in [0.2, 0.25) is 5.62 Å². The Bertz CT molecular complexity index is 173. The molecule has 1 heterocycles. The van der Waals surface area contributed by atoms with Crippen LogP contribution in [0.15, 0.2) is 9.98 Å². The quantitative estimate of drug-likeness (QED) is 0.259. The van der Waals surface area contributed by atoms with E-state index >= 15 is 0 Å².